The van der Waals surface area contributed by atoms with Gasteiger partial charge in [-0.1, -0.05) is 41.9 Å². The third-order valence-corrected chi connectivity index (χ3v) is 5.35. The van der Waals surface area contributed by atoms with E-state index in [0.29, 0.717) is 29.0 Å². The van der Waals surface area contributed by atoms with Crippen LogP contribution in [0.1, 0.15) is 25.3 Å². The van der Waals surface area contributed by atoms with Gasteiger partial charge in [-0.15, -0.1) is 0 Å². The first-order valence-corrected chi connectivity index (χ1v) is 9.23. The molecule has 0 spiro atoms. The Balaban J connectivity index is 2.47. The van der Waals surface area contributed by atoms with E-state index < -0.39 is 35.6 Å². The first-order chi connectivity index (χ1) is 13.1. The standard InChI is InChI=1S/C19H20Cl2F3N3O/c1-9(12-5-4-6-13(20)15(12)21)10(2)27(11-7-8-11)19(28)14(18(24)26-3)16(25)17(22)23/h4-6,10-11,17H,1,7-8,25H2,2-3H3. The number of aliphatic imine (C=N–C) groups is 1. The van der Waals surface area contributed by atoms with Crippen LogP contribution in [-0.4, -0.2) is 42.3 Å². The fourth-order valence-corrected chi connectivity index (χ4v) is 3.26. The zero-order valence-corrected chi connectivity index (χ0v) is 16.9. The summed E-state index contributed by atoms with van der Waals surface area (Å²) in [5.74, 6) is -2.30. The van der Waals surface area contributed by atoms with Crippen molar-refractivity contribution in [1.82, 2.24) is 4.90 Å². The number of rotatable bonds is 7. The maximum Gasteiger partial charge on any atom is 0.278 e. The van der Waals surface area contributed by atoms with E-state index in [1.165, 1.54) is 4.90 Å². The van der Waals surface area contributed by atoms with E-state index in [2.05, 4.69) is 11.6 Å². The second-order valence-electron chi connectivity index (χ2n) is 6.39. The van der Waals surface area contributed by atoms with Crippen molar-refractivity contribution in [2.45, 2.75) is 38.3 Å². The molecule has 1 fully saturated rings. The number of carbonyl (C=O) groups excluding carboxylic acids is 1. The van der Waals surface area contributed by atoms with E-state index in [-0.39, 0.29) is 11.1 Å². The van der Waals surface area contributed by atoms with Crippen LogP contribution in [0.4, 0.5) is 13.2 Å². The molecule has 0 radical (unpaired) electrons. The molecule has 4 nitrogen and oxygen atoms in total. The molecule has 1 amide bonds. The molecule has 0 saturated heterocycles. The summed E-state index contributed by atoms with van der Waals surface area (Å²) in [4.78, 5) is 17.6. The van der Waals surface area contributed by atoms with Crippen LogP contribution in [-0.2, 0) is 4.79 Å². The molecule has 0 bridgehead atoms. The number of allylic oxidation sites excluding steroid dienone is 1. The Kier molecular flexibility index (Phi) is 7.17. The predicted octanol–water partition coefficient (Wildman–Crippen LogP) is 4.86. The highest BCUT2D eigenvalue weighted by Crippen LogP contribution is 2.37. The van der Waals surface area contributed by atoms with Gasteiger partial charge < -0.3 is 10.6 Å². The lowest BCUT2D eigenvalue weighted by molar-refractivity contribution is -0.128. The van der Waals surface area contributed by atoms with E-state index in [4.69, 9.17) is 28.9 Å². The van der Waals surface area contributed by atoms with Crippen molar-refractivity contribution >= 4 is 40.6 Å². The predicted molar refractivity (Wildman–Crippen MR) is 107 cm³/mol. The number of halogens is 5. The second-order valence-corrected chi connectivity index (χ2v) is 7.18. The number of nitrogens with zero attached hydrogens (tertiary/aromatic N) is 2. The largest absolute Gasteiger partial charge is 0.397 e. The fourth-order valence-electron chi connectivity index (χ4n) is 2.84. The summed E-state index contributed by atoms with van der Waals surface area (Å²) < 4.78 is 40.4. The molecular weight excluding hydrogens is 414 g/mol. The minimum atomic E-state index is -3.20. The van der Waals surface area contributed by atoms with E-state index in [1.54, 1.807) is 25.1 Å². The normalized spacial score (nSPS) is 16.6. The van der Waals surface area contributed by atoms with E-state index >= 15 is 0 Å². The van der Waals surface area contributed by atoms with Gasteiger partial charge in [0, 0.05) is 13.1 Å². The Hall–Kier alpha value is -1.99. The summed E-state index contributed by atoms with van der Waals surface area (Å²) in [7, 11) is 1.05. The Bertz CT molecular complexity index is 851. The van der Waals surface area contributed by atoms with Crippen molar-refractivity contribution in [3.8, 4) is 0 Å². The molecule has 9 heteroatoms. The summed E-state index contributed by atoms with van der Waals surface area (Å²) in [6, 6.07) is 4.05. The monoisotopic (exact) mass is 433 g/mol. The molecule has 1 saturated carbocycles. The molecular formula is C19H20Cl2F3N3O. The molecule has 0 heterocycles. The third-order valence-electron chi connectivity index (χ3n) is 4.53. The highest BCUT2D eigenvalue weighted by atomic mass is 35.5. The zero-order chi connectivity index (χ0) is 21.2. The van der Waals surface area contributed by atoms with Gasteiger partial charge in [-0.05, 0) is 37.0 Å². The minimum Gasteiger partial charge on any atom is -0.397 e. The van der Waals surface area contributed by atoms with Crippen LogP contribution in [0.5, 0.6) is 0 Å². The smallest absolute Gasteiger partial charge is 0.278 e. The van der Waals surface area contributed by atoms with Crippen molar-refractivity contribution in [3.05, 3.63) is 51.7 Å². The highest BCUT2D eigenvalue weighted by Gasteiger charge is 2.40. The Labute approximate surface area is 171 Å². The molecule has 1 aliphatic rings. The van der Waals surface area contributed by atoms with Gasteiger partial charge in [0.05, 0.1) is 21.8 Å². The third kappa shape index (κ3) is 4.52. The topological polar surface area (TPSA) is 58.7 Å². The van der Waals surface area contributed by atoms with Gasteiger partial charge in [-0.2, -0.15) is 4.39 Å². The van der Waals surface area contributed by atoms with Crippen LogP contribution in [0, 0.1) is 0 Å². The van der Waals surface area contributed by atoms with Gasteiger partial charge >= 0.3 is 0 Å². The average Bonchev–Trinajstić information content (AvgIpc) is 3.48. The van der Waals surface area contributed by atoms with Crippen molar-refractivity contribution in [1.29, 1.82) is 0 Å². The van der Waals surface area contributed by atoms with Crippen molar-refractivity contribution < 1.29 is 18.0 Å². The molecule has 2 N–H and O–H groups in total. The maximum absolute atomic E-state index is 14.2. The van der Waals surface area contributed by atoms with E-state index in [0.717, 1.165) is 7.05 Å². The average molecular weight is 434 g/mol. The SMILES string of the molecule is C=C(c1cccc(Cl)c1Cl)C(C)N(C(=O)C(C(F)=NC)=C(N)C(F)F)C1CC1. The van der Waals surface area contributed by atoms with E-state index in [9.17, 15) is 18.0 Å². The summed E-state index contributed by atoms with van der Waals surface area (Å²) in [6.07, 6.45) is -1.90. The zero-order valence-electron chi connectivity index (χ0n) is 15.4. The molecule has 1 aromatic rings. The quantitative estimate of drug-likeness (QED) is 0.492. The van der Waals surface area contributed by atoms with Gasteiger partial charge in [-0.25, -0.2) is 8.78 Å². The number of amides is 1. The van der Waals surface area contributed by atoms with Crippen LogP contribution in [0.3, 0.4) is 0 Å². The number of alkyl halides is 2. The fraction of sp³-hybridized carbons (Fsp3) is 0.368. The summed E-state index contributed by atoms with van der Waals surface area (Å²) >= 11 is 12.3. The van der Waals surface area contributed by atoms with Crippen molar-refractivity contribution in [2.24, 2.45) is 10.7 Å². The lowest BCUT2D eigenvalue weighted by Crippen LogP contribution is -2.43. The number of carbonyl (C=O) groups is 1. The van der Waals surface area contributed by atoms with Gasteiger partial charge in [0.2, 0.25) is 5.97 Å². The lowest BCUT2D eigenvalue weighted by atomic mass is 9.98. The van der Waals surface area contributed by atoms with E-state index in [1.807, 2.05) is 0 Å². The molecule has 1 aromatic carbocycles. The van der Waals surface area contributed by atoms with Crippen LogP contribution in [0.25, 0.3) is 5.57 Å². The number of hydrogen-bond acceptors (Lipinski definition) is 3. The van der Waals surface area contributed by atoms with Gasteiger partial charge in [0.25, 0.3) is 12.3 Å². The highest BCUT2D eigenvalue weighted by molar-refractivity contribution is 6.43. The lowest BCUT2D eigenvalue weighted by Gasteiger charge is -2.32. The molecule has 1 aliphatic carbocycles. The van der Waals surface area contributed by atoms with Crippen LogP contribution < -0.4 is 5.73 Å². The van der Waals surface area contributed by atoms with Crippen molar-refractivity contribution in [3.63, 3.8) is 0 Å². The number of nitrogens with two attached hydrogens (primary N) is 1. The molecule has 2 rings (SSSR count). The first kappa shape index (κ1) is 22.3. The van der Waals surface area contributed by atoms with Crippen LogP contribution >= 0.6 is 23.2 Å². The molecule has 152 valence electrons. The molecule has 28 heavy (non-hydrogen) atoms. The summed E-state index contributed by atoms with van der Waals surface area (Å²) in [5.41, 5.74) is 4.20. The Morgan fingerprint density at radius 1 is 1.36 bits per heavy atom. The summed E-state index contributed by atoms with van der Waals surface area (Å²) in [6.45, 7) is 5.65. The second kappa shape index (κ2) is 9.01. The molecule has 1 atom stereocenters. The molecule has 1 unspecified atom stereocenters. The van der Waals surface area contributed by atoms with Crippen molar-refractivity contribution in [2.75, 3.05) is 7.05 Å². The van der Waals surface area contributed by atoms with Crippen LogP contribution in [0.15, 0.2) is 41.0 Å². The maximum atomic E-state index is 14.2. The first-order valence-electron chi connectivity index (χ1n) is 8.48. The van der Waals surface area contributed by atoms with Crippen LogP contribution in [0.2, 0.25) is 10.0 Å². The van der Waals surface area contributed by atoms with Gasteiger partial charge in [0.15, 0.2) is 0 Å². The molecule has 0 aliphatic heterocycles. The Morgan fingerprint density at radius 2 is 1.96 bits per heavy atom. The van der Waals surface area contributed by atoms with Gasteiger partial charge in [0.1, 0.15) is 5.57 Å². The number of benzene rings is 1. The summed E-state index contributed by atoms with van der Waals surface area (Å²) in [5, 5.41) is 0.567. The minimum absolute atomic E-state index is 0.248. The molecule has 0 aromatic heterocycles. The van der Waals surface area contributed by atoms with Gasteiger partial charge in [-0.3, -0.25) is 9.79 Å². The Morgan fingerprint density at radius 3 is 2.46 bits per heavy atom. The number of hydrogen-bond donors (Lipinski definition) is 1.